The van der Waals surface area contributed by atoms with Crippen LogP contribution in [0.3, 0.4) is 0 Å². The van der Waals surface area contributed by atoms with Crippen molar-refractivity contribution in [3.8, 4) is 11.8 Å². The minimum atomic E-state index is 0.759. The summed E-state index contributed by atoms with van der Waals surface area (Å²) in [5.41, 5.74) is 1.09. The zero-order chi connectivity index (χ0) is 11.9. The first kappa shape index (κ1) is 12.7. The van der Waals surface area contributed by atoms with Crippen LogP contribution in [0.15, 0.2) is 30.3 Å². The molecule has 0 aliphatic heterocycles. The van der Waals surface area contributed by atoms with Gasteiger partial charge in [0.05, 0.1) is 0 Å². The SMILES string of the molecule is [Mo]=[C](OCCCC#Cc1ccccc1)C1CC1. The third-order valence-corrected chi connectivity index (χ3v) is 3.72. The topological polar surface area (TPSA) is 9.23 Å². The Kier molecular flexibility index (Phi) is 5.17. The molecular formula is C15H16MoO. The second-order valence-electron chi connectivity index (χ2n) is 4.21. The van der Waals surface area contributed by atoms with E-state index in [2.05, 4.69) is 11.8 Å². The van der Waals surface area contributed by atoms with Crippen LogP contribution in [0.2, 0.25) is 0 Å². The second kappa shape index (κ2) is 6.89. The van der Waals surface area contributed by atoms with Gasteiger partial charge in [0, 0.05) is 0 Å². The molecule has 0 aromatic heterocycles. The first-order valence-electron chi connectivity index (χ1n) is 6.07. The maximum atomic E-state index is 5.67. The van der Waals surface area contributed by atoms with Crippen molar-refractivity contribution in [3.63, 3.8) is 0 Å². The van der Waals surface area contributed by atoms with Gasteiger partial charge in [-0.05, 0) is 0 Å². The van der Waals surface area contributed by atoms with Gasteiger partial charge >= 0.3 is 114 Å². The van der Waals surface area contributed by atoms with Gasteiger partial charge in [-0.3, -0.25) is 0 Å². The molecule has 0 amide bonds. The molecule has 2 heteroatoms. The third-order valence-electron chi connectivity index (χ3n) is 2.61. The summed E-state index contributed by atoms with van der Waals surface area (Å²) >= 11 is 2.03. The molecule has 88 valence electrons. The van der Waals surface area contributed by atoms with E-state index < -0.39 is 0 Å². The Balaban J connectivity index is 1.60. The Bertz CT molecular complexity index is 423. The van der Waals surface area contributed by atoms with Gasteiger partial charge < -0.3 is 0 Å². The second-order valence-corrected chi connectivity index (χ2v) is 5.20. The van der Waals surface area contributed by atoms with E-state index in [0.29, 0.717) is 0 Å². The van der Waals surface area contributed by atoms with Crippen LogP contribution in [0.1, 0.15) is 31.2 Å². The molecule has 1 nitrogen and oxygen atoms in total. The van der Waals surface area contributed by atoms with Crippen LogP contribution in [0.5, 0.6) is 0 Å². The van der Waals surface area contributed by atoms with Crippen molar-refractivity contribution in [2.45, 2.75) is 25.7 Å². The van der Waals surface area contributed by atoms with Crippen LogP contribution >= 0.6 is 0 Å². The van der Waals surface area contributed by atoms with E-state index in [1.807, 2.05) is 49.7 Å². The number of benzene rings is 1. The molecule has 0 heterocycles. The standard InChI is InChI=1S/C15H16O.Mo/c1-3-7-14(8-4-1)9-5-2-6-12-16-13-15-10-11-15;/h1,3-4,7-8,15H,2,6,10-12H2;. The fourth-order valence-electron chi connectivity index (χ4n) is 1.46. The molecular weight excluding hydrogens is 292 g/mol. The molecule has 17 heavy (non-hydrogen) atoms. The van der Waals surface area contributed by atoms with Crippen molar-refractivity contribution in [2.24, 2.45) is 5.92 Å². The van der Waals surface area contributed by atoms with Gasteiger partial charge in [0.25, 0.3) is 0 Å². The summed E-state index contributed by atoms with van der Waals surface area (Å²) in [6, 6.07) is 10.1. The van der Waals surface area contributed by atoms with Crippen molar-refractivity contribution < 1.29 is 24.1 Å². The van der Waals surface area contributed by atoms with Crippen molar-refractivity contribution in [2.75, 3.05) is 6.61 Å². The average Bonchev–Trinajstić information content (AvgIpc) is 3.19. The molecule has 1 saturated carbocycles. The number of ether oxygens (including phenoxy) is 1. The fourth-order valence-corrected chi connectivity index (χ4v) is 2.24. The summed E-state index contributed by atoms with van der Waals surface area (Å²) in [4.78, 5) is 0. The Morgan fingerprint density at radius 3 is 2.76 bits per heavy atom. The van der Waals surface area contributed by atoms with Crippen molar-refractivity contribution in [1.29, 1.82) is 0 Å². The fraction of sp³-hybridized carbons (Fsp3) is 0.400. The zero-order valence-electron chi connectivity index (χ0n) is 9.82. The van der Waals surface area contributed by atoms with Crippen LogP contribution in [-0.2, 0) is 24.1 Å². The zero-order valence-corrected chi connectivity index (χ0v) is 11.8. The summed E-state index contributed by atoms with van der Waals surface area (Å²) < 4.78 is 6.90. The summed E-state index contributed by atoms with van der Waals surface area (Å²) in [5.74, 6) is 7.10. The van der Waals surface area contributed by atoms with Crippen LogP contribution in [0, 0.1) is 17.8 Å². The molecule has 1 aliphatic rings. The van der Waals surface area contributed by atoms with Crippen molar-refractivity contribution in [1.82, 2.24) is 0 Å². The average molecular weight is 308 g/mol. The van der Waals surface area contributed by atoms with E-state index in [9.17, 15) is 0 Å². The molecule has 0 radical (unpaired) electrons. The predicted octanol–water partition coefficient (Wildman–Crippen LogP) is 2.92. The summed E-state index contributed by atoms with van der Waals surface area (Å²) in [5, 5.41) is 0. The Morgan fingerprint density at radius 2 is 2.06 bits per heavy atom. The summed E-state index contributed by atoms with van der Waals surface area (Å²) in [7, 11) is 0. The van der Waals surface area contributed by atoms with Gasteiger partial charge in [-0.1, -0.05) is 0 Å². The van der Waals surface area contributed by atoms with Crippen LogP contribution in [0.25, 0.3) is 0 Å². The van der Waals surface area contributed by atoms with Gasteiger partial charge in [0.1, 0.15) is 0 Å². The van der Waals surface area contributed by atoms with Gasteiger partial charge in [-0.2, -0.15) is 0 Å². The van der Waals surface area contributed by atoms with Gasteiger partial charge in [0.15, 0.2) is 0 Å². The van der Waals surface area contributed by atoms with E-state index in [1.54, 1.807) is 0 Å². The van der Waals surface area contributed by atoms with E-state index in [1.165, 1.54) is 16.9 Å². The van der Waals surface area contributed by atoms with E-state index in [-0.39, 0.29) is 0 Å². The van der Waals surface area contributed by atoms with Crippen LogP contribution in [-0.4, -0.2) is 10.7 Å². The monoisotopic (exact) mass is 310 g/mol. The van der Waals surface area contributed by atoms with E-state index in [4.69, 9.17) is 4.74 Å². The molecule has 1 aromatic rings. The molecule has 1 aliphatic carbocycles. The molecule has 0 N–H and O–H groups in total. The van der Waals surface area contributed by atoms with E-state index >= 15 is 0 Å². The number of hydrogen-bond donors (Lipinski definition) is 0. The molecule has 0 bridgehead atoms. The van der Waals surface area contributed by atoms with Gasteiger partial charge in [-0.25, -0.2) is 0 Å². The van der Waals surface area contributed by atoms with Crippen LogP contribution in [0.4, 0.5) is 0 Å². The molecule has 0 saturated heterocycles. The number of unbranched alkanes of at least 4 members (excludes halogenated alkanes) is 1. The van der Waals surface area contributed by atoms with Gasteiger partial charge in [-0.15, -0.1) is 0 Å². The third kappa shape index (κ3) is 4.98. The molecule has 1 fully saturated rings. The minimum absolute atomic E-state index is 0.759. The van der Waals surface area contributed by atoms with Gasteiger partial charge in [0.2, 0.25) is 0 Å². The van der Waals surface area contributed by atoms with Crippen LogP contribution < -0.4 is 0 Å². The molecule has 1 aromatic carbocycles. The van der Waals surface area contributed by atoms with Crippen molar-refractivity contribution in [3.05, 3.63) is 35.9 Å². The Hall–Kier alpha value is -0.702. The maximum absolute atomic E-state index is 5.67. The molecule has 0 unspecified atom stereocenters. The first-order valence-corrected chi connectivity index (χ1v) is 7.07. The summed E-state index contributed by atoms with van der Waals surface area (Å²) in [6.45, 7) is 0.814. The van der Waals surface area contributed by atoms with Crippen molar-refractivity contribution >= 4 is 4.08 Å². The first-order chi connectivity index (χ1) is 8.36. The van der Waals surface area contributed by atoms with E-state index in [0.717, 1.165) is 30.9 Å². The predicted molar refractivity (Wildman–Crippen MR) is 66.2 cm³/mol. The number of hydrogen-bond acceptors (Lipinski definition) is 1. The Morgan fingerprint density at radius 1 is 1.29 bits per heavy atom. The number of rotatable bonds is 5. The molecule has 0 atom stereocenters. The molecule has 0 spiro atoms. The normalized spacial score (nSPS) is 13.9. The quantitative estimate of drug-likeness (QED) is 0.462. The Labute approximate surface area is 114 Å². The molecule has 2 rings (SSSR count). The summed E-state index contributed by atoms with van der Waals surface area (Å²) in [6.07, 6.45) is 4.57.